The van der Waals surface area contributed by atoms with E-state index in [1.165, 1.54) is 16.7 Å². The van der Waals surface area contributed by atoms with Crippen molar-refractivity contribution in [3.8, 4) is 11.1 Å². The number of aryl methyl sites for hydroxylation is 1. The van der Waals surface area contributed by atoms with Crippen molar-refractivity contribution in [2.75, 3.05) is 0 Å². The lowest BCUT2D eigenvalue weighted by Crippen LogP contribution is -2.07. The van der Waals surface area contributed by atoms with Gasteiger partial charge in [0.15, 0.2) is 5.78 Å². The third kappa shape index (κ3) is 2.76. The third-order valence-corrected chi connectivity index (χ3v) is 3.59. The monoisotopic (exact) mass is 252 g/mol. The molecule has 0 saturated carbocycles. The van der Waals surface area contributed by atoms with Gasteiger partial charge < -0.3 is 0 Å². The molecule has 0 spiro atoms. The summed E-state index contributed by atoms with van der Waals surface area (Å²) >= 11 is 0. The number of ketones is 1. The highest BCUT2D eigenvalue weighted by Crippen LogP contribution is 2.26. The zero-order valence-corrected chi connectivity index (χ0v) is 12.0. The predicted molar refractivity (Wildman–Crippen MR) is 80.5 cm³/mol. The van der Waals surface area contributed by atoms with Crippen LogP contribution in [0.5, 0.6) is 0 Å². The molecule has 0 atom stereocenters. The van der Waals surface area contributed by atoms with Gasteiger partial charge in [-0.05, 0) is 42.2 Å². The average Bonchev–Trinajstić information content (AvgIpc) is 2.41. The Morgan fingerprint density at radius 1 is 1.00 bits per heavy atom. The van der Waals surface area contributed by atoms with Crippen molar-refractivity contribution in [3.63, 3.8) is 0 Å². The molecule has 2 aromatic carbocycles. The number of carbonyl (C=O) groups is 1. The number of hydrogen-bond acceptors (Lipinski definition) is 1. The molecule has 0 heterocycles. The van der Waals surface area contributed by atoms with E-state index in [9.17, 15) is 4.79 Å². The van der Waals surface area contributed by atoms with E-state index in [4.69, 9.17) is 0 Å². The van der Waals surface area contributed by atoms with E-state index in [0.29, 0.717) is 0 Å². The second-order valence-corrected chi connectivity index (χ2v) is 5.35. The molecule has 1 heteroatoms. The van der Waals surface area contributed by atoms with Crippen molar-refractivity contribution in [2.45, 2.75) is 27.7 Å². The minimum Gasteiger partial charge on any atom is -0.294 e. The Balaban J connectivity index is 2.49. The lowest BCUT2D eigenvalue weighted by molar-refractivity contribution is 0.0939. The number of benzene rings is 2. The summed E-state index contributed by atoms with van der Waals surface area (Å²) in [5.41, 5.74) is 5.68. The molecule has 98 valence electrons. The van der Waals surface area contributed by atoms with Gasteiger partial charge in [0.2, 0.25) is 0 Å². The van der Waals surface area contributed by atoms with Gasteiger partial charge in [-0.1, -0.05) is 50.2 Å². The van der Waals surface area contributed by atoms with Crippen LogP contribution in [0.15, 0.2) is 42.5 Å². The molecule has 2 rings (SSSR count). The molecule has 1 nitrogen and oxygen atoms in total. The van der Waals surface area contributed by atoms with Crippen LogP contribution in [0.3, 0.4) is 0 Å². The van der Waals surface area contributed by atoms with Gasteiger partial charge in [0.05, 0.1) is 0 Å². The summed E-state index contributed by atoms with van der Waals surface area (Å²) in [5, 5.41) is 0. The maximum atomic E-state index is 12.1. The van der Waals surface area contributed by atoms with Crippen molar-refractivity contribution < 1.29 is 4.79 Å². The highest BCUT2D eigenvalue weighted by molar-refractivity contribution is 5.98. The van der Waals surface area contributed by atoms with E-state index in [1.54, 1.807) is 0 Å². The van der Waals surface area contributed by atoms with Gasteiger partial charge in [0.1, 0.15) is 0 Å². The molecular formula is C18H20O. The van der Waals surface area contributed by atoms with E-state index >= 15 is 0 Å². The number of Topliss-reactive ketones (excluding diaryl/α,β-unsaturated/α-hetero) is 1. The molecule has 0 radical (unpaired) electrons. The van der Waals surface area contributed by atoms with E-state index in [-0.39, 0.29) is 11.7 Å². The molecule has 0 aromatic heterocycles. The van der Waals surface area contributed by atoms with Crippen LogP contribution in [-0.4, -0.2) is 5.78 Å². The van der Waals surface area contributed by atoms with Gasteiger partial charge in [-0.3, -0.25) is 4.79 Å². The lowest BCUT2D eigenvalue weighted by atomic mass is 9.93. The van der Waals surface area contributed by atoms with E-state index in [2.05, 4.69) is 38.1 Å². The summed E-state index contributed by atoms with van der Waals surface area (Å²) in [7, 11) is 0. The van der Waals surface area contributed by atoms with Crippen molar-refractivity contribution in [1.29, 1.82) is 0 Å². The Morgan fingerprint density at radius 3 is 2.37 bits per heavy atom. The smallest absolute Gasteiger partial charge is 0.165 e. The Morgan fingerprint density at radius 2 is 1.68 bits per heavy atom. The van der Waals surface area contributed by atoms with Crippen LogP contribution in [0.2, 0.25) is 0 Å². The summed E-state index contributed by atoms with van der Waals surface area (Å²) < 4.78 is 0. The van der Waals surface area contributed by atoms with Crippen molar-refractivity contribution >= 4 is 5.78 Å². The van der Waals surface area contributed by atoms with Gasteiger partial charge >= 0.3 is 0 Å². The molecular weight excluding hydrogens is 232 g/mol. The summed E-state index contributed by atoms with van der Waals surface area (Å²) in [4.78, 5) is 12.1. The maximum absolute atomic E-state index is 12.1. The third-order valence-electron chi connectivity index (χ3n) is 3.59. The van der Waals surface area contributed by atoms with Crippen molar-refractivity contribution in [3.05, 3.63) is 59.2 Å². The molecule has 0 aliphatic rings. The predicted octanol–water partition coefficient (Wildman–Crippen LogP) is 4.81. The number of rotatable bonds is 3. The van der Waals surface area contributed by atoms with Crippen LogP contribution in [-0.2, 0) is 0 Å². The van der Waals surface area contributed by atoms with Gasteiger partial charge in [-0.15, -0.1) is 0 Å². The number of hydrogen-bond donors (Lipinski definition) is 0. The van der Waals surface area contributed by atoms with E-state index < -0.39 is 0 Å². The van der Waals surface area contributed by atoms with Crippen LogP contribution in [0.1, 0.15) is 35.3 Å². The zero-order chi connectivity index (χ0) is 14.0. The molecule has 0 N–H and O–H groups in total. The second-order valence-electron chi connectivity index (χ2n) is 5.35. The molecule has 0 bridgehead atoms. The fourth-order valence-electron chi connectivity index (χ4n) is 2.24. The van der Waals surface area contributed by atoms with Gasteiger partial charge in [-0.2, -0.15) is 0 Å². The molecule has 0 aliphatic heterocycles. The zero-order valence-electron chi connectivity index (χ0n) is 12.0. The van der Waals surface area contributed by atoms with Crippen LogP contribution >= 0.6 is 0 Å². The SMILES string of the molecule is Cc1cccc(-c2cccc(C(=O)C(C)C)c2)c1C. The molecule has 0 fully saturated rings. The fraction of sp³-hybridized carbons (Fsp3) is 0.278. The summed E-state index contributed by atoms with van der Waals surface area (Å²) in [6.45, 7) is 8.11. The van der Waals surface area contributed by atoms with Crippen molar-refractivity contribution in [1.82, 2.24) is 0 Å². The first-order chi connectivity index (χ1) is 9.00. The maximum Gasteiger partial charge on any atom is 0.165 e. The summed E-state index contributed by atoms with van der Waals surface area (Å²) in [6, 6.07) is 14.2. The van der Waals surface area contributed by atoms with Crippen LogP contribution in [0, 0.1) is 19.8 Å². The first-order valence-corrected chi connectivity index (χ1v) is 6.71. The molecule has 0 saturated heterocycles. The number of carbonyl (C=O) groups excluding carboxylic acids is 1. The molecule has 19 heavy (non-hydrogen) atoms. The lowest BCUT2D eigenvalue weighted by Gasteiger charge is -2.11. The van der Waals surface area contributed by atoms with Crippen LogP contribution in [0.25, 0.3) is 11.1 Å². The Labute approximate surface area is 115 Å². The van der Waals surface area contributed by atoms with Crippen molar-refractivity contribution in [2.24, 2.45) is 5.92 Å². The topological polar surface area (TPSA) is 17.1 Å². The van der Waals surface area contributed by atoms with E-state index in [1.807, 2.05) is 32.0 Å². The molecule has 0 unspecified atom stereocenters. The van der Waals surface area contributed by atoms with Gasteiger partial charge in [-0.25, -0.2) is 0 Å². The molecule has 0 amide bonds. The minimum absolute atomic E-state index is 0.0360. The first-order valence-electron chi connectivity index (χ1n) is 6.71. The molecule has 0 aliphatic carbocycles. The summed E-state index contributed by atoms with van der Waals surface area (Å²) in [6.07, 6.45) is 0. The standard InChI is InChI=1S/C18H20O/c1-12(2)18(19)16-9-6-8-15(11-16)17-10-5-7-13(3)14(17)4/h5-12H,1-4H3. The quantitative estimate of drug-likeness (QED) is 0.716. The Bertz CT molecular complexity index is 609. The van der Waals surface area contributed by atoms with Crippen LogP contribution < -0.4 is 0 Å². The van der Waals surface area contributed by atoms with E-state index in [0.717, 1.165) is 11.1 Å². The Hall–Kier alpha value is -1.89. The first kappa shape index (κ1) is 13.5. The summed E-state index contributed by atoms with van der Waals surface area (Å²) in [5.74, 6) is 0.237. The second kappa shape index (κ2) is 5.40. The van der Waals surface area contributed by atoms with Crippen LogP contribution in [0.4, 0.5) is 0 Å². The largest absolute Gasteiger partial charge is 0.294 e. The Kier molecular flexibility index (Phi) is 3.84. The van der Waals surface area contributed by atoms with Gasteiger partial charge in [0, 0.05) is 11.5 Å². The fourth-order valence-corrected chi connectivity index (χ4v) is 2.24. The average molecular weight is 252 g/mol. The highest BCUT2D eigenvalue weighted by atomic mass is 16.1. The normalized spacial score (nSPS) is 10.8. The van der Waals surface area contributed by atoms with Gasteiger partial charge in [0.25, 0.3) is 0 Å². The molecule has 2 aromatic rings. The minimum atomic E-state index is 0.0360. The highest BCUT2D eigenvalue weighted by Gasteiger charge is 2.11.